The van der Waals surface area contributed by atoms with E-state index in [1.165, 1.54) is 0 Å². The minimum absolute atomic E-state index is 0.00461. The maximum atomic E-state index is 11.9. The Balaban J connectivity index is 2.29. The smallest absolute Gasteiger partial charge is 0.407 e. The summed E-state index contributed by atoms with van der Waals surface area (Å²) in [5.74, 6) is 0.180. The molecular formula is C14H25BrN2O3. The number of ether oxygens (including phenoxy) is 1. The molecule has 0 radical (unpaired) electrons. The summed E-state index contributed by atoms with van der Waals surface area (Å²) < 4.78 is 5.22. The largest absolute Gasteiger partial charge is 0.444 e. The van der Waals surface area contributed by atoms with E-state index in [1.807, 2.05) is 25.7 Å². The Morgan fingerprint density at radius 1 is 1.35 bits per heavy atom. The normalized spacial score (nSPS) is 19.0. The maximum Gasteiger partial charge on any atom is 0.407 e. The van der Waals surface area contributed by atoms with Crippen molar-refractivity contribution in [1.82, 2.24) is 10.2 Å². The predicted octanol–water partition coefficient (Wildman–Crippen LogP) is 2.68. The summed E-state index contributed by atoms with van der Waals surface area (Å²) in [4.78, 5) is 25.4. The van der Waals surface area contributed by atoms with Crippen LogP contribution >= 0.6 is 15.9 Å². The number of hydrogen-bond donors (Lipinski definition) is 1. The lowest BCUT2D eigenvalue weighted by molar-refractivity contribution is -0.130. The van der Waals surface area contributed by atoms with Crippen LogP contribution in [0.2, 0.25) is 0 Å². The van der Waals surface area contributed by atoms with Crippen molar-refractivity contribution in [2.75, 3.05) is 18.4 Å². The number of unbranched alkanes of at least 4 members (excludes halogenated alkanes) is 1. The zero-order valence-corrected chi connectivity index (χ0v) is 14.2. The van der Waals surface area contributed by atoms with Gasteiger partial charge < -0.3 is 15.0 Å². The molecule has 0 aromatic carbocycles. The van der Waals surface area contributed by atoms with Crippen LogP contribution in [-0.4, -0.2) is 47.0 Å². The average Bonchev–Trinajstić information content (AvgIpc) is 2.75. The number of carbonyl (C=O) groups excluding carboxylic acids is 2. The molecule has 0 unspecified atom stereocenters. The molecule has 1 saturated heterocycles. The number of likely N-dealkylation sites (tertiary alicyclic amines) is 1. The van der Waals surface area contributed by atoms with Crippen molar-refractivity contribution in [2.24, 2.45) is 0 Å². The minimum atomic E-state index is -0.492. The summed E-state index contributed by atoms with van der Waals surface area (Å²) >= 11 is 3.36. The van der Waals surface area contributed by atoms with E-state index < -0.39 is 11.7 Å². The standard InChI is InChI=1S/C14H25BrN2O3/c1-14(2,3)20-13(19)16-11-7-9-17(10-11)12(18)6-4-5-8-15/h11H,4-10H2,1-3H3,(H,16,19)/t11-/m0/s1. The number of nitrogens with zero attached hydrogens (tertiary/aromatic N) is 1. The molecule has 0 aliphatic carbocycles. The number of hydrogen-bond acceptors (Lipinski definition) is 3. The van der Waals surface area contributed by atoms with Gasteiger partial charge in [0.2, 0.25) is 5.91 Å². The number of nitrogens with one attached hydrogen (secondary N) is 1. The molecule has 0 aromatic heterocycles. The van der Waals surface area contributed by atoms with Crippen molar-refractivity contribution >= 4 is 27.9 Å². The molecule has 2 amide bonds. The van der Waals surface area contributed by atoms with Gasteiger partial charge in [-0.1, -0.05) is 15.9 Å². The number of amides is 2. The van der Waals surface area contributed by atoms with Gasteiger partial charge in [-0.3, -0.25) is 4.79 Å². The lowest BCUT2D eigenvalue weighted by atomic mass is 10.2. The molecule has 5 nitrogen and oxygen atoms in total. The second kappa shape index (κ2) is 7.86. The highest BCUT2D eigenvalue weighted by Gasteiger charge is 2.28. The third kappa shape index (κ3) is 6.59. The van der Waals surface area contributed by atoms with Crippen molar-refractivity contribution < 1.29 is 14.3 Å². The summed E-state index contributed by atoms with van der Waals surface area (Å²) in [6.45, 7) is 6.81. The Morgan fingerprint density at radius 2 is 2.05 bits per heavy atom. The molecule has 0 bridgehead atoms. The summed E-state index contributed by atoms with van der Waals surface area (Å²) in [6.07, 6.45) is 2.90. The Hall–Kier alpha value is -0.780. The molecule has 0 aromatic rings. The zero-order valence-electron chi connectivity index (χ0n) is 12.6. The van der Waals surface area contributed by atoms with Crippen molar-refractivity contribution in [2.45, 2.75) is 58.1 Å². The van der Waals surface area contributed by atoms with Gasteiger partial charge in [0.05, 0.1) is 6.04 Å². The molecule has 0 saturated carbocycles. The number of halogens is 1. The summed E-state index contributed by atoms with van der Waals surface area (Å²) in [7, 11) is 0. The van der Waals surface area contributed by atoms with Crippen molar-refractivity contribution in [1.29, 1.82) is 0 Å². The lowest BCUT2D eigenvalue weighted by Gasteiger charge is -2.22. The highest BCUT2D eigenvalue weighted by molar-refractivity contribution is 9.09. The van der Waals surface area contributed by atoms with Crippen molar-refractivity contribution in [3.05, 3.63) is 0 Å². The van der Waals surface area contributed by atoms with Crippen LogP contribution in [0.1, 0.15) is 46.5 Å². The molecular weight excluding hydrogens is 324 g/mol. The zero-order chi connectivity index (χ0) is 15.2. The van der Waals surface area contributed by atoms with Gasteiger partial charge in [0, 0.05) is 24.8 Å². The highest BCUT2D eigenvalue weighted by Crippen LogP contribution is 2.13. The Bertz CT molecular complexity index is 342. The van der Waals surface area contributed by atoms with Gasteiger partial charge in [0.1, 0.15) is 5.60 Å². The van der Waals surface area contributed by atoms with Gasteiger partial charge in [0.25, 0.3) is 0 Å². The van der Waals surface area contributed by atoms with E-state index in [0.717, 1.165) is 24.6 Å². The molecule has 1 atom stereocenters. The first-order valence-corrected chi connectivity index (χ1v) is 8.27. The fourth-order valence-corrected chi connectivity index (χ4v) is 2.50. The molecule has 1 aliphatic heterocycles. The Morgan fingerprint density at radius 3 is 2.65 bits per heavy atom. The fraction of sp³-hybridized carbons (Fsp3) is 0.857. The maximum absolute atomic E-state index is 11.9. The van der Waals surface area contributed by atoms with Crippen LogP contribution in [0.3, 0.4) is 0 Å². The third-order valence-corrected chi connectivity index (χ3v) is 3.60. The van der Waals surface area contributed by atoms with Crippen LogP contribution < -0.4 is 5.32 Å². The van der Waals surface area contributed by atoms with Crippen LogP contribution in [0.15, 0.2) is 0 Å². The second-order valence-electron chi connectivity index (χ2n) is 6.12. The van der Waals surface area contributed by atoms with Crippen LogP contribution in [0, 0.1) is 0 Å². The number of carbonyl (C=O) groups is 2. The van der Waals surface area contributed by atoms with E-state index in [0.29, 0.717) is 19.5 Å². The molecule has 6 heteroatoms. The van der Waals surface area contributed by atoms with E-state index in [1.54, 1.807) is 0 Å². The van der Waals surface area contributed by atoms with E-state index in [-0.39, 0.29) is 11.9 Å². The highest BCUT2D eigenvalue weighted by atomic mass is 79.9. The van der Waals surface area contributed by atoms with Gasteiger partial charge in [-0.15, -0.1) is 0 Å². The molecule has 1 heterocycles. The fourth-order valence-electron chi connectivity index (χ4n) is 2.11. The monoisotopic (exact) mass is 348 g/mol. The Kier molecular flexibility index (Phi) is 6.79. The molecule has 1 N–H and O–H groups in total. The van der Waals surface area contributed by atoms with Gasteiger partial charge in [0.15, 0.2) is 0 Å². The number of alkyl carbamates (subject to hydrolysis) is 1. The Labute approximate surface area is 129 Å². The van der Waals surface area contributed by atoms with Crippen molar-refractivity contribution in [3.63, 3.8) is 0 Å². The molecule has 116 valence electrons. The van der Waals surface area contributed by atoms with E-state index in [9.17, 15) is 9.59 Å². The summed E-state index contributed by atoms with van der Waals surface area (Å²) in [5.41, 5.74) is -0.492. The molecule has 1 rings (SSSR count). The lowest BCUT2D eigenvalue weighted by Crippen LogP contribution is -2.41. The number of rotatable bonds is 5. The summed E-state index contributed by atoms with van der Waals surface area (Å²) in [6, 6.07) is 0.00461. The first kappa shape index (κ1) is 17.3. The molecule has 20 heavy (non-hydrogen) atoms. The summed E-state index contributed by atoms with van der Waals surface area (Å²) in [5, 5.41) is 3.76. The van der Waals surface area contributed by atoms with Gasteiger partial charge in [-0.2, -0.15) is 0 Å². The minimum Gasteiger partial charge on any atom is -0.444 e. The van der Waals surface area contributed by atoms with E-state index >= 15 is 0 Å². The first-order valence-electron chi connectivity index (χ1n) is 7.15. The van der Waals surface area contributed by atoms with Gasteiger partial charge in [-0.25, -0.2) is 4.79 Å². The average molecular weight is 349 g/mol. The number of alkyl halides is 1. The quantitative estimate of drug-likeness (QED) is 0.613. The van der Waals surface area contributed by atoms with Crippen molar-refractivity contribution in [3.8, 4) is 0 Å². The second-order valence-corrected chi connectivity index (χ2v) is 6.91. The topological polar surface area (TPSA) is 58.6 Å². The van der Waals surface area contributed by atoms with Gasteiger partial charge in [-0.05, 0) is 40.0 Å². The van der Waals surface area contributed by atoms with E-state index in [2.05, 4.69) is 21.2 Å². The predicted molar refractivity (Wildman–Crippen MR) is 82.0 cm³/mol. The van der Waals surface area contributed by atoms with Gasteiger partial charge >= 0.3 is 6.09 Å². The molecule has 1 fully saturated rings. The van der Waals surface area contributed by atoms with Crippen LogP contribution in [0.25, 0.3) is 0 Å². The molecule has 0 spiro atoms. The SMILES string of the molecule is CC(C)(C)OC(=O)N[C@H]1CCN(C(=O)CCCCBr)C1. The van der Waals surface area contributed by atoms with Crippen LogP contribution in [0.4, 0.5) is 4.79 Å². The third-order valence-electron chi connectivity index (χ3n) is 3.04. The van der Waals surface area contributed by atoms with E-state index in [4.69, 9.17) is 4.74 Å². The first-order chi connectivity index (χ1) is 9.31. The van der Waals surface area contributed by atoms with Crippen LogP contribution in [0.5, 0.6) is 0 Å². The van der Waals surface area contributed by atoms with Crippen LogP contribution in [-0.2, 0) is 9.53 Å². The molecule has 1 aliphatic rings.